The zero-order chi connectivity index (χ0) is 6.48. The summed E-state index contributed by atoms with van der Waals surface area (Å²) in [7, 11) is 0. The molecule has 2 rings (SSSR count). The van der Waals surface area contributed by atoms with Gasteiger partial charge in [-0.05, 0) is 31.1 Å². The Hall–Kier alpha value is -0.400. The Labute approximate surface area is 54.6 Å². The van der Waals surface area contributed by atoms with E-state index in [4.69, 9.17) is 0 Å². The Kier molecular flexibility index (Phi) is 0.815. The fraction of sp³-hybridized carbons (Fsp3) is 1.00. The molecule has 0 spiro atoms. The molecular formula is C7H11NO. The first-order chi connectivity index (χ1) is 4.32. The molecule has 0 heterocycles. The van der Waals surface area contributed by atoms with Crippen molar-refractivity contribution in [3.8, 4) is 0 Å². The summed E-state index contributed by atoms with van der Waals surface area (Å²) in [6.45, 7) is 2.07. The Morgan fingerprint density at radius 3 is 2.67 bits per heavy atom. The van der Waals surface area contributed by atoms with Crippen molar-refractivity contribution in [3.63, 3.8) is 0 Å². The molecule has 0 saturated heterocycles. The second-order valence-electron chi connectivity index (χ2n) is 3.35. The smallest absolute Gasteiger partial charge is 0.106 e. The molecule has 2 aliphatic carbocycles. The van der Waals surface area contributed by atoms with Crippen LogP contribution in [0.4, 0.5) is 0 Å². The van der Waals surface area contributed by atoms with Gasteiger partial charge in [0.05, 0.1) is 0 Å². The van der Waals surface area contributed by atoms with Crippen molar-refractivity contribution in [1.29, 1.82) is 0 Å². The van der Waals surface area contributed by atoms with Gasteiger partial charge >= 0.3 is 0 Å². The van der Waals surface area contributed by atoms with Gasteiger partial charge in [-0.15, -0.1) is 0 Å². The second kappa shape index (κ2) is 1.36. The highest BCUT2D eigenvalue weighted by atomic mass is 16.3. The Morgan fingerprint density at radius 2 is 2.56 bits per heavy atom. The molecule has 0 bridgehead atoms. The Balaban J connectivity index is 2.12. The van der Waals surface area contributed by atoms with Crippen LogP contribution in [0.1, 0.15) is 26.2 Å². The predicted octanol–water partition coefficient (Wildman–Crippen LogP) is 1.94. The molecule has 0 radical (unpaired) electrons. The summed E-state index contributed by atoms with van der Waals surface area (Å²) in [5.41, 5.74) is -0.0926. The molecule has 0 amide bonds. The molecule has 2 heteroatoms. The van der Waals surface area contributed by atoms with Crippen LogP contribution in [-0.4, -0.2) is 5.54 Å². The maximum atomic E-state index is 10.3. The van der Waals surface area contributed by atoms with E-state index in [0.29, 0.717) is 5.92 Å². The number of nitroso groups, excluding NO2 is 1. The average Bonchev–Trinajstić information content (AvgIpc) is 2.48. The summed E-state index contributed by atoms with van der Waals surface area (Å²) in [5.74, 6) is 1.59. The van der Waals surface area contributed by atoms with Crippen LogP contribution in [0.15, 0.2) is 5.18 Å². The quantitative estimate of drug-likeness (QED) is 0.518. The van der Waals surface area contributed by atoms with Crippen LogP contribution in [0.2, 0.25) is 0 Å². The summed E-state index contributed by atoms with van der Waals surface area (Å²) < 4.78 is 0. The molecule has 2 fully saturated rings. The molecule has 2 nitrogen and oxygen atoms in total. The van der Waals surface area contributed by atoms with Crippen molar-refractivity contribution < 1.29 is 0 Å². The van der Waals surface area contributed by atoms with E-state index in [1.165, 1.54) is 6.42 Å². The third-order valence-corrected chi connectivity index (χ3v) is 3.02. The first kappa shape index (κ1) is 5.39. The predicted molar refractivity (Wildman–Crippen MR) is 35.0 cm³/mol. The van der Waals surface area contributed by atoms with Crippen molar-refractivity contribution in [1.82, 2.24) is 0 Å². The molecule has 0 aromatic rings. The Morgan fingerprint density at radius 1 is 1.78 bits per heavy atom. The largest absolute Gasteiger partial charge is 0.150 e. The van der Waals surface area contributed by atoms with Crippen LogP contribution in [0, 0.1) is 16.7 Å². The molecule has 0 aliphatic heterocycles. The lowest BCUT2D eigenvalue weighted by atomic mass is 9.76. The van der Waals surface area contributed by atoms with Gasteiger partial charge in [0.2, 0.25) is 0 Å². The molecule has 50 valence electrons. The molecule has 3 unspecified atom stereocenters. The lowest BCUT2D eigenvalue weighted by molar-refractivity contribution is 0.218. The Bertz CT molecular complexity index is 157. The first-order valence-electron chi connectivity index (χ1n) is 3.67. The molecule has 0 N–H and O–H groups in total. The summed E-state index contributed by atoms with van der Waals surface area (Å²) in [6, 6.07) is 0. The van der Waals surface area contributed by atoms with Crippen molar-refractivity contribution in [2.45, 2.75) is 31.7 Å². The highest BCUT2D eigenvalue weighted by Gasteiger charge is 2.64. The van der Waals surface area contributed by atoms with Crippen LogP contribution < -0.4 is 0 Å². The van der Waals surface area contributed by atoms with Crippen molar-refractivity contribution in [2.24, 2.45) is 17.0 Å². The van der Waals surface area contributed by atoms with E-state index >= 15 is 0 Å². The van der Waals surface area contributed by atoms with E-state index in [1.807, 2.05) is 0 Å². The lowest BCUT2D eigenvalue weighted by Crippen LogP contribution is -2.37. The fourth-order valence-corrected chi connectivity index (χ4v) is 2.15. The van der Waals surface area contributed by atoms with E-state index in [2.05, 4.69) is 12.1 Å². The van der Waals surface area contributed by atoms with Gasteiger partial charge in [-0.2, -0.15) is 4.91 Å². The number of nitrogens with zero attached hydrogens (tertiary/aromatic N) is 1. The van der Waals surface area contributed by atoms with Gasteiger partial charge in [0, 0.05) is 0 Å². The van der Waals surface area contributed by atoms with Crippen molar-refractivity contribution in [3.05, 3.63) is 4.91 Å². The maximum absolute atomic E-state index is 10.3. The van der Waals surface area contributed by atoms with Gasteiger partial charge in [0.25, 0.3) is 0 Å². The maximum Gasteiger partial charge on any atom is 0.106 e. The fourth-order valence-electron chi connectivity index (χ4n) is 2.15. The number of hydrogen-bond acceptors (Lipinski definition) is 2. The standard InChI is InChI=1S/C7H11NO/c1-2-7(8-9)4-5-3-6(5)7/h5-6H,2-4H2,1H3. The third kappa shape index (κ3) is 0.467. The summed E-state index contributed by atoms with van der Waals surface area (Å²) >= 11 is 0. The summed E-state index contributed by atoms with van der Waals surface area (Å²) in [5, 5.41) is 3.22. The van der Waals surface area contributed by atoms with Crippen LogP contribution in [0.5, 0.6) is 0 Å². The summed E-state index contributed by atoms with van der Waals surface area (Å²) in [6.07, 6.45) is 3.31. The highest BCUT2D eigenvalue weighted by Crippen LogP contribution is 2.65. The molecule has 2 aliphatic rings. The third-order valence-electron chi connectivity index (χ3n) is 3.02. The lowest BCUT2D eigenvalue weighted by Gasteiger charge is -2.32. The van der Waals surface area contributed by atoms with E-state index in [1.54, 1.807) is 0 Å². The van der Waals surface area contributed by atoms with Gasteiger partial charge in [0.1, 0.15) is 5.54 Å². The number of rotatable bonds is 2. The number of fused-ring (bicyclic) bond motifs is 1. The zero-order valence-electron chi connectivity index (χ0n) is 5.63. The van der Waals surface area contributed by atoms with Crippen LogP contribution in [-0.2, 0) is 0 Å². The molecule has 2 saturated carbocycles. The average molecular weight is 125 g/mol. The SMILES string of the molecule is CCC1(N=O)CC2CC21. The van der Waals surface area contributed by atoms with Crippen LogP contribution in [0.25, 0.3) is 0 Å². The van der Waals surface area contributed by atoms with Crippen molar-refractivity contribution in [2.75, 3.05) is 0 Å². The van der Waals surface area contributed by atoms with E-state index in [-0.39, 0.29) is 5.54 Å². The van der Waals surface area contributed by atoms with Gasteiger partial charge in [-0.1, -0.05) is 12.1 Å². The zero-order valence-corrected chi connectivity index (χ0v) is 5.63. The van der Waals surface area contributed by atoms with Crippen molar-refractivity contribution >= 4 is 0 Å². The molecule has 3 atom stereocenters. The minimum absolute atomic E-state index is 0.0926. The number of hydrogen-bond donors (Lipinski definition) is 0. The van der Waals surface area contributed by atoms with E-state index in [0.717, 1.165) is 18.8 Å². The monoisotopic (exact) mass is 125 g/mol. The minimum atomic E-state index is -0.0926. The summed E-state index contributed by atoms with van der Waals surface area (Å²) in [4.78, 5) is 10.3. The molecule has 0 aromatic carbocycles. The normalized spacial score (nSPS) is 53.4. The topological polar surface area (TPSA) is 29.4 Å². The van der Waals surface area contributed by atoms with Crippen LogP contribution in [0.3, 0.4) is 0 Å². The van der Waals surface area contributed by atoms with Gasteiger partial charge in [0.15, 0.2) is 0 Å². The second-order valence-corrected chi connectivity index (χ2v) is 3.35. The minimum Gasteiger partial charge on any atom is -0.150 e. The molecule has 0 aromatic heterocycles. The van der Waals surface area contributed by atoms with E-state index < -0.39 is 0 Å². The van der Waals surface area contributed by atoms with Gasteiger partial charge < -0.3 is 0 Å². The van der Waals surface area contributed by atoms with Gasteiger partial charge in [-0.25, -0.2) is 0 Å². The van der Waals surface area contributed by atoms with Gasteiger partial charge in [-0.3, -0.25) is 0 Å². The van der Waals surface area contributed by atoms with Crippen LogP contribution >= 0.6 is 0 Å². The molecular weight excluding hydrogens is 114 g/mol. The first-order valence-corrected chi connectivity index (χ1v) is 3.67. The highest BCUT2D eigenvalue weighted by molar-refractivity contribution is 5.17. The van der Waals surface area contributed by atoms with E-state index in [9.17, 15) is 4.91 Å². The molecule has 9 heavy (non-hydrogen) atoms.